The van der Waals surface area contributed by atoms with Crippen molar-refractivity contribution in [1.82, 2.24) is 9.88 Å². The third-order valence-electron chi connectivity index (χ3n) is 2.62. The van der Waals surface area contributed by atoms with Gasteiger partial charge in [-0.3, -0.25) is 9.78 Å². The first-order chi connectivity index (χ1) is 6.68. The lowest BCUT2D eigenvalue weighted by atomic mass is 10.0. The number of aryl methyl sites for hydroxylation is 1. The third-order valence-corrected chi connectivity index (χ3v) is 2.62. The summed E-state index contributed by atoms with van der Waals surface area (Å²) in [6, 6.07) is 1.87. The number of carbonyl (C=O) groups is 1. The van der Waals surface area contributed by atoms with Crippen LogP contribution in [-0.2, 0) is 0 Å². The molecule has 0 saturated carbocycles. The first-order valence-corrected chi connectivity index (χ1v) is 4.88. The molecule has 74 valence electrons. The number of hydrogen-bond acceptors (Lipinski definition) is 2. The van der Waals surface area contributed by atoms with Crippen molar-refractivity contribution in [1.29, 1.82) is 0 Å². The van der Waals surface area contributed by atoms with E-state index < -0.39 is 0 Å². The van der Waals surface area contributed by atoms with Crippen molar-refractivity contribution in [2.24, 2.45) is 5.92 Å². The quantitative estimate of drug-likeness (QED) is 0.672. The van der Waals surface area contributed by atoms with Crippen LogP contribution in [0.25, 0.3) is 0 Å². The van der Waals surface area contributed by atoms with Gasteiger partial charge in [0.15, 0.2) is 0 Å². The van der Waals surface area contributed by atoms with E-state index >= 15 is 0 Å². The Morgan fingerprint density at radius 3 is 2.86 bits per heavy atom. The largest absolute Gasteiger partial charge is 0.338 e. The molecule has 3 heteroatoms. The highest BCUT2D eigenvalue weighted by Gasteiger charge is 2.28. The van der Waals surface area contributed by atoms with E-state index in [0.717, 1.165) is 24.2 Å². The van der Waals surface area contributed by atoms with Crippen molar-refractivity contribution in [2.75, 3.05) is 13.1 Å². The fourth-order valence-corrected chi connectivity index (χ4v) is 1.72. The molecule has 1 amide bonds. The summed E-state index contributed by atoms with van der Waals surface area (Å²) in [5.41, 5.74) is 1.74. The van der Waals surface area contributed by atoms with Gasteiger partial charge in [0.25, 0.3) is 5.91 Å². The number of aromatic nitrogens is 1. The maximum absolute atomic E-state index is 11.9. The molecule has 0 spiro atoms. The Labute approximate surface area is 83.8 Å². The molecule has 3 nitrogen and oxygen atoms in total. The van der Waals surface area contributed by atoms with E-state index in [1.54, 1.807) is 12.4 Å². The van der Waals surface area contributed by atoms with Crippen LogP contribution in [0.1, 0.15) is 22.8 Å². The van der Waals surface area contributed by atoms with E-state index in [4.69, 9.17) is 0 Å². The Bertz CT molecular complexity index is 356. The molecule has 14 heavy (non-hydrogen) atoms. The van der Waals surface area contributed by atoms with Gasteiger partial charge in [-0.1, -0.05) is 6.92 Å². The van der Waals surface area contributed by atoms with Gasteiger partial charge in [0.05, 0.1) is 5.56 Å². The minimum Gasteiger partial charge on any atom is -0.338 e. The van der Waals surface area contributed by atoms with E-state index in [1.807, 2.05) is 17.9 Å². The molecule has 2 rings (SSSR count). The average Bonchev–Trinajstić information content (AvgIpc) is 2.13. The summed E-state index contributed by atoms with van der Waals surface area (Å²) in [5, 5.41) is 0. The molecule has 1 aliphatic heterocycles. The second-order valence-electron chi connectivity index (χ2n) is 4.01. The fraction of sp³-hybridized carbons (Fsp3) is 0.455. The highest BCUT2D eigenvalue weighted by atomic mass is 16.2. The van der Waals surface area contributed by atoms with Crippen molar-refractivity contribution in [3.05, 3.63) is 29.6 Å². The summed E-state index contributed by atoms with van der Waals surface area (Å²) in [4.78, 5) is 17.7. The van der Waals surface area contributed by atoms with Crippen molar-refractivity contribution < 1.29 is 4.79 Å². The molecule has 0 radical (unpaired) electrons. The molecular weight excluding hydrogens is 176 g/mol. The molecule has 0 aromatic carbocycles. The summed E-state index contributed by atoms with van der Waals surface area (Å²) in [6.45, 7) is 5.86. The van der Waals surface area contributed by atoms with E-state index in [2.05, 4.69) is 11.9 Å². The Kier molecular flexibility index (Phi) is 2.23. The SMILES string of the molecule is Cc1ccncc1C(=O)N1CC(C)C1. The van der Waals surface area contributed by atoms with Crippen LogP contribution in [0, 0.1) is 12.8 Å². The zero-order valence-corrected chi connectivity index (χ0v) is 8.53. The summed E-state index contributed by atoms with van der Waals surface area (Å²) >= 11 is 0. The maximum atomic E-state index is 11.9. The first kappa shape index (κ1) is 9.19. The Balaban J connectivity index is 2.16. The van der Waals surface area contributed by atoms with Crippen LogP contribution < -0.4 is 0 Å². The smallest absolute Gasteiger partial charge is 0.255 e. The third kappa shape index (κ3) is 1.50. The van der Waals surface area contributed by atoms with Gasteiger partial charge >= 0.3 is 0 Å². The topological polar surface area (TPSA) is 33.2 Å². The van der Waals surface area contributed by atoms with Gasteiger partial charge in [0, 0.05) is 25.5 Å². The summed E-state index contributed by atoms with van der Waals surface area (Å²) < 4.78 is 0. The number of amides is 1. The van der Waals surface area contributed by atoms with Gasteiger partial charge < -0.3 is 4.90 Å². The van der Waals surface area contributed by atoms with Crippen LogP contribution in [0.4, 0.5) is 0 Å². The molecular formula is C11H14N2O. The van der Waals surface area contributed by atoms with Gasteiger partial charge in [-0.25, -0.2) is 0 Å². The molecule has 1 aliphatic rings. The minimum atomic E-state index is 0.119. The van der Waals surface area contributed by atoms with Crippen LogP contribution >= 0.6 is 0 Å². The number of carbonyl (C=O) groups excluding carboxylic acids is 1. The molecule has 0 N–H and O–H groups in total. The maximum Gasteiger partial charge on any atom is 0.255 e. The molecule has 0 bridgehead atoms. The van der Waals surface area contributed by atoms with Gasteiger partial charge in [-0.05, 0) is 24.5 Å². The Morgan fingerprint density at radius 2 is 2.29 bits per heavy atom. The van der Waals surface area contributed by atoms with Crippen LogP contribution in [0.15, 0.2) is 18.5 Å². The second-order valence-corrected chi connectivity index (χ2v) is 4.01. The normalized spacial score (nSPS) is 16.6. The molecule has 2 heterocycles. The lowest BCUT2D eigenvalue weighted by Crippen LogP contribution is -2.48. The lowest BCUT2D eigenvalue weighted by molar-refractivity contribution is 0.0529. The molecule has 0 aliphatic carbocycles. The predicted octanol–water partition coefficient (Wildman–Crippen LogP) is 1.48. The van der Waals surface area contributed by atoms with Crippen LogP contribution in [0.3, 0.4) is 0 Å². The second kappa shape index (κ2) is 3.40. The number of pyridine rings is 1. The van der Waals surface area contributed by atoms with Gasteiger partial charge in [-0.15, -0.1) is 0 Å². The molecule has 1 aromatic heterocycles. The summed E-state index contributed by atoms with van der Waals surface area (Å²) in [6.07, 6.45) is 3.37. The zero-order valence-electron chi connectivity index (χ0n) is 8.53. The van der Waals surface area contributed by atoms with Crippen molar-refractivity contribution in [3.8, 4) is 0 Å². The van der Waals surface area contributed by atoms with Crippen molar-refractivity contribution in [3.63, 3.8) is 0 Å². The van der Waals surface area contributed by atoms with Gasteiger partial charge in [-0.2, -0.15) is 0 Å². The number of rotatable bonds is 1. The fourth-order valence-electron chi connectivity index (χ4n) is 1.72. The van der Waals surface area contributed by atoms with Gasteiger partial charge in [0.2, 0.25) is 0 Å². The van der Waals surface area contributed by atoms with Gasteiger partial charge in [0.1, 0.15) is 0 Å². The summed E-state index contributed by atoms with van der Waals surface area (Å²) in [5.74, 6) is 0.768. The number of hydrogen-bond donors (Lipinski definition) is 0. The molecule has 1 saturated heterocycles. The number of likely N-dealkylation sites (tertiary alicyclic amines) is 1. The van der Waals surface area contributed by atoms with Crippen molar-refractivity contribution >= 4 is 5.91 Å². The Hall–Kier alpha value is -1.38. The molecule has 0 unspecified atom stereocenters. The molecule has 1 aromatic rings. The number of nitrogens with zero attached hydrogens (tertiary/aromatic N) is 2. The summed E-state index contributed by atoms with van der Waals surface area (Å²) in [7, 11) is 0. The van der Waals surface area contributed by atoms with E-state index in [0.29, 0.717) is 5.92 Å². The monoisotopic (exact) mass is 190 g/mol. The predicted molar refractivity (Wildman–Crippen MR) is 54.0 cm³/mol. The first-order valence-electron chi connectivity index (χ1n) is 4.88. The zero-order chi connectivity index (χ0) is 10.1. The van der Waals surface area contributed by atoms with E-state index in [1.165, 1.54) is 0 Å². The minimum absolute atomic E-state index is 0.119. The highest BCUT2D eigenvalue weighted by Crippen LogP contribution is 2.18. The van der Waals surface area contributed by atoms with E-state index in [-0.39, 0.29) is 5.91 Å². The van der Waals surface area contributed by atoms with Crippen LogP contribution in [0.2, 0.25) is 0 Å². The van der Waals surface area contributed by atoms with Crippen LogP contribution in [0.5, 0.6) is 0 Å². The Morgan fingerprint density at radius 1 is 1.57 bits per heavy atom. The average molecular weight is 190 g/mol. The van der Waals surface area contributed by atoms with Crippen LogP contribution in [-0.4, -0.2) is 28.9 Å². The lowest BCUT2D eigenvalue weighted by Gasteiger charge is -2.37. The molecule has 0 atom stereocenters. The van der Waals surface area contributed by atoms with Crippen molar-refractivity contribution in [2.45, 2.75) is 13.8 Å². The van der Waals surface area contributed by atoms with E-state index in [9.17, 15) is 4.79 Å². The highest BCUT2D eigenvalue weighted by molar-refractivity contribution is 5.95. The molecule has 1 fully saturated rings. The standard InChI is InChI=1S/C11H14N2O/c1-8-6-13(7-8)11(14)10-5-12-4-3-9(10)2/h3-5,8H,6-7H2,1-2H3.